The van der Waals surface area contributed by atoms with Gasteiger partial charge in [0.15, 0.2) is 0 Å². The first-order valence-corrected chi connectivity index (χ1v) is 9.57. The second kappa shape index (κ2) is 7.07. The first kappa shape index (κ1) is 16.7. The fraction of sp³-hybridized carbons (Fsp3) is 0.929. The number of sulfonamides is 1. The third kappa shape index (κ3) is 3.96. The van der Waals surface area contributed by atoms with Crippen molar-refractivity contribution in [3.05, 3.63) is 0 Å². The lowest BCUT2D eigenvalue weighted by Gasteiger charge is -2.38. The normalized spacial score (nSPS) is 23.4. The molecule has 122 valence electrons. The number of amides is 1. The number of nitrogens with zero attached hydrogens (tertiary/aromatic N) is 3. The van der Waals surface area contributed by atoms with E-state index in [0.29, 0.717) is 25.9 Å². The average Bonchev–Trinajstić information content (AvgIpc) is 2.54. The molecule has 0 spiro atoms. The summed E-state index contributed by atoms with van der Waals surface area (Å²) in [4.78, 5) is 16.8. The topological polar surface area (TPSA) is 60.9 Å². The van der Waals surface area contributed by atoms with Crippen molar-refractivity contribution in [3.8, 4) is 0 Å². The lowest BCUT2D eigenvalue weighted by Crippen LogP contribution is -2.51. The Bertz CT molecular complexity index is 450. The summed E-state index contributed by atoms with van der Waals surface area (Å²) in [5.74, 6) is 0.366. The van der Waals surface area contributed by atoms with Gasteiger partial charge in [0.2, 0.25) is 15.9 Å². The van der Waals surface area contributed by atoms with E-state index < -0.39 is 10.0 Å². The van der Waals surface area contributed by atoms with Gasteiger partial charge in [-0.2, -0.15) is 0 Å². The first-order valence-electron chi connectivity index (χ1n) is 7.97. The second-order valence-electron chi connectivity index (χ2n) is 5.83. The van der Waals surface area contributed by atoms with Gasteiger partial charge in [-0.25, -0.2) is 12.7 Å². The highest BCUT2D eigenvalue weighted by atomic mass is 32.2. The maximum absolute atomic E-state index is 12.5. The summed E-state index contributed by atoms with van der Waals surface area (Å²) in [6.45, 7) is 9.33. The zero-order chi connectivity index (χ0) is 15.5. The van der Waals surface area contributed by atoms with Gasteiger partial charge in [-0.05, 0) is 26.3 Å². The van der Waals surface area contributed by atoms with Gasteiger partial charge in [-0.3, -0.25) is 4.79 Å². The molecule has 0 saturated carbocycles. The molecule has 6 nitrogen and oxygen atoms in total. The predicted molar refractivity (Wildman–Crippen MR) is 82.5 cm³/mol. The minimum absolute atomic E-state index is 0.00137. The molecule has 21 heavy (non-hydrogen) atoms. The number of piperidine rings is 1. The Morgan fingerprint density at radius 1 is 1.00 bits per heavy atom. The van der Waals surface area contributed by atoms with Crippen molar-refractivity contribution in [2.24, 2.45) is 5.92 Å². The lowest BCUT2D eigenvalue weighted by atomic mass is 9.96. The van der Waals surface area contributed by atoms with Crippen molar-refractivity contribution in [2.45, 2.75) is 26.7 Å². The van der Waals surface area contributed by atoms with Crippen LogP contribution in [-0.4, -0.2) is 80.0 Å². The minimum atomic E-state index is -3.10. The van der Waals surface area contributed by atoms with Crippen molar-refractivity contribution in [1.29, 1.82) is 0 Å². The van der Waals surface area contributed by atoms with E-state index >= 15 is 0 Å². The van der Waals surface area contributed by atoms with Gasteiger partial charge in [-0.15, -0.1) is 0 Å². The van der Waals surface area contributed by atoms with Gasteiger partial charge in [0.25, 0.3) is 0 Å². The van der Waals surface area contributed by atoms with Crippen LogP contribution in [0.15, 0.2) is 0 Å². The molecule has 0 aromatic rings. The molecule has 2 aliphatic heterocycles. The number of rotatable bonds is 4. The van der Waals surface area contributed by atoms with Gasteiger partial charge >= 0.3 is 0 Å². The number of hydrogen-bond donors (Lipinski definition) is 0. The van der Waals surface area contributed by atoms with Crippen LogP contribution in [0.5, 0.6) is 0 Å². The molecule has 0 radical (unpaired) electrons. The van der Waals surface area contributed by atoms with Gasteiger partial charge < -0.3 is 9.80 Å². The van der Waals surface area contributed by atoms with Crippen LogP contribution in [0.2, 0.25) is 0 Å². The number of hydrogen-bond acceptors (Lipinski definition) is 4. The molecule has 2 fully saturated rings. The van der Waals surface area contributed by atoms with E-state index in [-0.39, 0.29) is 17.6 Å². The van der Waals surface area contributed by atoms with Crippen LogP contribution in [0.3, 0.4) is 0 Å². The van der Waals surface area contributed by atoms with Crippen molar-refractivity contribution in [3.63, 3.8) is 0 Å². The molecule has 0 bridgehead atoms. The minimum Gasteiger partial charge on any atom is -0.340 e. The quantitative estimate of drug-likeness (QED) is 0.744. The summed E-state index contributed by atoms with van der Waals surface area (Å²) in [6.07, 6.45) is 1.32. The Morgan fingerprint density at radius 2 is 1.57 bits per heavy atom. The Hall–Kier alpha value is -0.660. The summed E-state index contributed by atoms with van der Waals surface area (Å²) < 4.78 is 25.2. The Morgan fingerprint density at radius 3 is 2.05 bits per heavy atom. The smallest absolute Gasteiger partial charge is 0.225 e. The Kier molecular flexibility index (Phi) is 5.62. The van der Waals surface area contributed by atoms with E-state index in [1.165, 1.54) is 4.31 Å². The molecule has 7 heteroatoms. The zero-order valence-electron chi connectivity index (χ0n) is 13.1. The van der Waals surface area contributed by atoms with Crippen LogP contribution < -0.4 is 0 Å². The van der Waals surface area contributed by atoms with E-state index in [1.807, 2.05) is 4.90 Å². The molecule has 2 saturated heterocycles. The molecular weight excluding hydrogens is 290 g/mol. The average molecular weight is 317 g/mol. The maximum atomic E-state index is 12.5. The van der Waals surface area contributed by atoms with E-state index in [9.17, 15) is 13.2 Å². The fourth-order valence-electron chi connectivity index (χ4n) is 3.11. The maximum Gasteiger partial charge on any atom is 0.225 e. The number of carbonyl (C=O) groups is 1. The molecule has 2 aliphatic rings. The lowest BCUT2D eigenvalue weighted by molar-refractivity contribution is -0.138. The van der Waals surface area contributed by atoms with Crippen LogP contribution in [0, 0.1) is 5.92 Å². The summed E-state index contributed by atoms with van der Waals surface area (Å²) in [5, 5.41) is 0. The molecule has 0 N–H and O–H groups in total. The van der Waals surface area contributed by atoms with Crippen molar-refractivity contribution < 1.29 is 13.2 Å². The monoisotopic (exact) mass is 317 g/mol. The SMILES string of the molecule is CCN1CCN(C(=O)C2CCN(S(=O)(=O)CC)CC2)CC1. The molecule has 0 atom stereocenters. The van der Waals surface area contributed by atoms with Crippen LogP contribution >= 0.6 is 0 Å². The van der Waals surface area contributed by atoms with Crippen molar-refractivity contribution >= 4 is 15.9 Å². The van der Waals surface area contributed by atoms with E-state index in [4.69, 9.17) is 0 Å². The van der Waals surface area contributed by atoms with Crippen LogP contribution in [0.25, 0.3) is 0 Å². The number of likely N-dealkylation sites (N-methyl/N-ethyl adjacent to an activating group) is 1. The van der Waals surface area contributed by atoms with Gasteiger partial charge in [0, 0.05) is 45.2 Å². The third-order valence-corrected chi connectivity index (χ3v) is 6.57. The summed E-state index contributed by atoms with van der Waals surface area (Å²) >= 11 is 0. The second-order valence-corrected chi connectivity index (χ2v) is 8.09. The highest BCUT2D eigenvalue weighted by Crippen LogP contribution is 2.22. The standard InChI is InChI=1S/C14H27N3O3S/c1-3-15-9-11-16(12-10-15)14(18)13-5-7-17(8-6-13)21(19,20)4-2/h13H,3-12H2,1-2H3. The molecular formula is C14H27N3O3S. The van der Waals surface area contributed by atoms with Crippen molar-refractivity contribution in [1.82, 2.24) is 14.1 Å². The van der Waals surface area contributed by atoms with Gasteiger partial charge in [-0.1, -0.05) is 6.92 Å². The predicted octanol–water partition coefficient (Wildman–Crippen LogP) is 0.212. The highest BCUT2D eigenvalue weighted by Gasteiger charge is 2.33. The number of carbonyl (C=O) groups excluding carboxylic acids is 1. The summed E-state index contributed by atoms with van der Waals surface area (Å²) in [6, 6.07) is 0. The summed E-state index contributed by atoms with van der Waals surface area (Å²) in [7, 11) is -3.10. The van der Waals surface area contributed by atoms with E-state index in [1.54, 1.807) is 6.92 Å². The number of piperazine rings is 1. The van der Waals surface area contributed by atoms with Gasteiger partial charge in [0.05, 0.1) is 5.75 Å². The Balaban J connectivity index is 1.84. The molecule has 1 amide bonds. The van der Waals surface area contributed by atoms with Gasteiger partial charge in [0.1, 0.15) is 0 Å². The molecule has 2 rings (SSSR count). The zero-order valence-corrected chi connectivity index (χ0v) is 13.9. The van der Waals surface area contributed by atoms with Crippen molar-refractivity contribution in [2.75, 3.05) is 51.6 Å². The molecule has 2 heterocycles. The molecule has 0 aromatic heterocycles. The Labute approximate surface area is 128 Å². The molecule has 0 unspecified atom stereocenters. The van der Waals surface area contributed by atoms with Crippen LogP contribution in [0.4, 0.5) is 0 Å². The highest BCUT2D eigenvalue weighted by molar-refractivity contribution is 7.89. The summed E-state index contributed by atoms with van der Waals surface area (Å²) in [5.41, 5.74) is 0. The molecule has 0 aliphatic carbocycles. The van der Waals surface area contributed by atoms with E-state index in [0.717, 1.165) is 32.7 Å². The third-order valence-electron chi connectivity index (χ3n) is 4.69. The largest absolute Gasteiger partial charge is 0.340 e. The molecule has 0 aromatic carbocycles. The fourth-order valence-corrected chi connectivity index (χ4v) is 4.24. The van der Waals surface area contributed by atoms with E-state index in [2.05, 4.69) is 11.8 Å². The first-order chi connectivity index (χ1) is 9.97. The van der Waals surface area contributed by atoms with Crippen LogP contribution in [0.1, 0.15) is 26.7 Å². The van der Waals surface area contributed by atoms with Crippen LogP contribution in [-0.2, 0) is 14.8 Å².